The first-order valence-electron chi connectivity index (χ1n) is 11.3. The largest absolute Gasteiger partial charge is 0.343 e. The summed E-state index contributed by atoms with van der Waals surface area (Å²) < 4.78 is 28.4. The molecule has 182 valence electrons. The average Bonchev–Trinajstić information content (AvgIpc) is 3.23. The molecule has 3 N–H and O–H groups in total. The van der Waals surface area contributed by atoms with Crippen LogP contribution in [0.25, 0.3) is 0 Å². The van der Waals surface area contributed by atoms with Gasteiger partial charge in [-0.15, -0.1) is 0 Å². The van der Waals surface area contributed by atoms with Crippen LogP contribution in [0.5, 0.6) is 0 Å². The lowest BCUT2D eigenvalue weighted by molar-refractivity contribution is -0.143. The van der Waals surface area contributed by atoms with Crippen molar-refractivity contribution in [3.63, 3.8) is 0 Å². The number of hydrogen-bond donors (Lipinski definition) is 3. The Labute approximate surface area is 197 Å². The maximum Gasteiger partial charge on any atom is 0.252 e. The van der Waals surface area contributed by atoms with E-state index >= 15 is 0 Å². The summed E-state index contributed by atoms with van der Waals surface area (Å²) in [5.74, 6) is -3.55. The van der Waals surface area contributed by atoms with Gasteiger partial charge in [0.2, 0.25) is 11.8 Å². The second kappa shape index (κ2) is 10.7. The van der Waals surface area contributed by atoms with E-state index in [4.69, 9.17) is 0 Å². The number of fused-ring (bicyclic) bond motifs is 1. The molecule has 0 saturated carbocycles. The zero-order valence-corrected chi connectivity index (χ0v) is 19.7. The summed E-state index contributed by atoms with van der Waals surface area (Å²) in [6, 6.07) is 7.83. The van der Waals surface area contributed by atoms with Gasteiger partial charge in [-0.25, -0.2) is 8.78 Å². The highest BCUT2D eigenvalue weighted by Crippen LogP contribution is 2.36. The average molecular weight is 473 g/mol. The van der Waals surface area contributed by atoms with Crippen molar-refractivity contribution in [2.45, 2.75) is 51.9 Å². The summed E-state index contributed by atoms with van der Waals surface area (Å²) in [5, 5.41) is 7.96. The highest BCUT2D eigenvalue weighted by atomic mass is 19.1. The summed E-state index contributed by atoms with van der Waals surface area (Å²) in [7, 11) is 1.64. The maximum atomic E-state index is 14.2. The molecule has 9 heteroatoms. The van der Waals surface area contributed by atoms with Gasteiger partial charge in [-0.2, -0.15) is 0 Å². The third-order valence-electron chi connectivity index (χ3n) is 6.35. The number of hydrogen-bond acceptors (Lipinski definition) is 4. The van der Waals surface area contributed by atoms with Crippen molar-refractivity contribution in [1.82, 2.24) is 15.5 Å². The molecule has 2 aromatic rings. The van der Waals surface area contributed by atoms with Gasteiger partial charge in [0.05, 0.1) is 6.04 Å². The van der Waals surface area contributed by atoms with Gasteiger partial charge < -0.3 is 20.9 Å². The lowest BCUT2D eigenvalue weighted by Gasteiger charge is -2.32. The quantitative estimate of drug-likeness (QED) is 0.551. The standard InChI is InChI=1S/C25H30F2N4O3/c1-5-14(2)20(29-23(32)15(3)28-4)25(34)31-13-16-9-6-7-10-17(16)22(31)24(33)30-21-18(26)11-8-12-19(21)27/h6-12,14-15,20,22,28H,5,13H2,1-4H3,(H,29,32)(H,30,33)/t14-,15-,20-,22-/m0/s1. The van der Waals surface area contributed by atoms with Crippen LogP contribution in [-0.2, 0) is 20.9 Å². The van der Waals surface area contributed by atoms with Crippen LogP contribution in [0.2, 0.25) is 0 Å². The van der Waals surface area contributed by atoms with Gasteiger partial charge in [-0.05, 0) is 43.1 Å². The smallest absolute Gasteiger partial charge is 0.252 e. The SMILES string of the molecule is CC[C@H](C)[C@H](NC(=O)[C@H](C)NC)C(=O)N1Cc2ccccc2[C@H]1C(=O)Nc1c(F)cccc1F. The Kier molecular flexibility index (Phi) is 7.98. The number of halogens is 2. The topological polar surface area (TPSA) is 90.5 Å². The molecule has 1 aliphatic heterocycles. The minimum atomic E-state index is -1.10. The summed E-state index contributed by atoms with van der Waals surface area (Å²) in [4.78, 5) is 41.0. The molecule has 4 atom stereocenters. The Bertz CT molecular complexity index is 1060. The highest BCUT2D eigenvalue weighted by molar-refractivity contribution is 6.00. The first-order chi connectivity index (χ1) is 16.2. The fourth-order valence-corrected chi connectivity index (χ4v) is 3.96. The maximum absolute atomic E-state index is 14.2. The van der Waals surface area contributed by atoms with Crippen molar-refractivity contribution in [3.8, 4) is 0 Å². The molecule has 7 nitrogen and oxygen atoms in total. The van der Waals surface area contributed by atoms with Crippen molar-refractivity contribution >= 4 is 23.4 Å². The van der Waals surface area contributed by atoms with Gasteiger partial charge in [0.25, 0.3) is 5.91 Å². The predicted molar refractivity (Wildman–Crippen MR) is 125 cm³/mol. The van der Waals surface area contributed by atoms with Crippen molar-refractivity contribution in [1.29, 1.82) is 0 Å². The molecule has 0 aliphatic carbocycles. The lowest BCUT2D eigenvalue weighted by atomic mass is 9.96. The molecule has 0 unspecified atom stereocenters. The van der Waals surface area contributed by atoms with Crippen LogP contribution in [-0.4, -0.2) is 41.8 Å². The highest BCUT2D eigenvalue weighted by Gasteiger charge is 2.42. The zero-order chi connectivity index (χ0) is 25.0. The number of carbonyl (C=O) groups is 3. The van der Waals surface area contributed by atoms with Crippen molar-refractivity contribution in [2.75, 3.05) is 12.4 Å². The van der Waals surface area contributed by atoms with Crippen molar-refractivity contribution in [3.05, 3.63) is 65.2 Å². The minimum Gasteiger partial charge on any atom is -0.343 e. The van der Waals surface area contributed by atoms with Crippen LogP contribution in [0.1, 0.15) is 44.4 Å². The third-order valence-corrected chi connectivity index (χ3v) is 6.35. The number of likely N-dealkylation sites (N-methyl/N-ethyl adjacent to an activating group) is 1. The predicted octanol–water partition coefficient (Wildman–Crippen LogP) is 3.13. The number of amides is 3. The van der Waals surface area contributed by atoms with E-state index in [0.29, 0.717) is 12.0 Å². The summed E-state index contributed by atoms with van der Waals surface area (Å²) >= 11 is 0. The van der Waals surface area contributed by atoms with Crippen LogP contribution in [0, 0.1) is 17.6 Å². The molecule has 1 heterocycles. The van der Waals surface area contributed by atoms with Crippen LogP contribution in [0.3, 0.4) is 0 Å². The van der Waals surface area contributed by atoms with E-state index in [1.54, 1.807) is 38.2 Å². The summed E-state index contributed by atoms with van der Waals surface area (Å²) in [5.41, 5.74) is 0.754. The van der Waals surface area contributed by atoms with Crippen LogP contribution in [0.4, 0.5) is 14.5 Å². The molecule has 0 radical (unpaired) electrons. The van der Waals surface area contributed by atoms with Crippen molar-refractivity contribution < 1.29 is 23.2 Å². The molecule has 34 heavy (non-hydrogen) atoms. The number of para-hydroxylation sites is 1. The third kappa shape index (κ3) is 5.09. The van der Waals surface area contributed by atoms with E-state index in [-0.39, 0.29) is 18.4 Å². The number of rotatable bonds is 8. The van der Waals surface area contributed by atoms with Crippen LogP contribution < -0.4 is 16.0 Å². The van der Waals surface area contributed by atoms with Gasteiger partial charge in [-0.1, -0.05) is 50.6 Å². The van der Waals surface area contributed by atoms with E-state index in [2.05, 4.69) is 16.0 Å². The molecule has 0 fully saturated rings. The Balaban J connectivity index is 1.95. The van der Waals surface area contributed by atoms with Gasteiger partial charge in [0.1, 0.15) is 29.4 Å². The molecule has 3 amide bonds. The molecule has 3 rings (SSSR count). The first-order valence-corrected chi connectivity index (χ1v) is 11.3. The number of nitrogens with one attached hydrogen (secondary N) is 3. The van der Waals surface area contributed by atoms with E-state index in [1.165, 1.54) is 11.0 Å². The Morgan fingerprint density at radius 3 is 2.32 bits per heavy atom. The molecule has 0 aromatic heterocycles. The fraction of sp³-hybridized carbons (Fsp3) is 0.400. The van der Waals surface area contributed by atoms with Crippen LogP contribution >= 0.6 is 0 Å². The first kappa shape index (κ1) is 25.3. The number of carbonyl (C=O) groups excluding carboxylic acids is 3. The second-order valence-electron chi connectivity index (χ2n) is 8.54. The second-order valence-corrected chi connectivity index (χ2v) is 8.54. The number of anilines is 1. The van der Waals surface area contributed by atoms with E-state index in [0.717, 1.165) is 17.7 Å². The fourth-order valence-electron chi connectivity index (χ4n) is 3.96. The zero-order valence-electron chi connectivity index (χ0n) is 19.7. The Morgan fingerprint density at radius 1 is 1.06 bits per heavy atom. The molecule has 0 saturated heterocycles. The molecule has 0 bridgehead atoms. The summed E-state index contributed by atoms with van der Waals surface area (Å²) in [6.45, 7) is 5.57. The van der Waals surface area contributed by atoms with Gasteiger partial charge in [0.15, 0.2) is 0 Å². The van der Waals surface area contributed by atoms with E-state index in [1.807, 2.05) is 13.8 Å². The Morgan fingerprint density at radius 2 is 1.71 bits per heavy atom. The van der Waals surface area contributed by atoms with E-state index < -0.39 is 47.3 Å². The molecular formula is C25H30F2N4O3. The van der Waals surface area contributed by atoms with Gasteiger partial charge in [-0.3, -0.25) is 14.4 Å². The summed E-state index contributed by atoms with van der Waals surface area (Å²) in [6.07, 6.45) is 0.614. The molecule has 2 aromatic carbocycles. The number of nitrogens with zero attached hydrogens (tertiary/aromatic N) is 1. The number of benzene rings is 2. The molecule has 0 spiro atoms. The lowest BCUT2D eigenvalue weighted by Crippen LogP contribution is -2.55. The Hall–Kier alpha value is -3.33. The normalized spacial score (nSPS) is 17.5. The molecular weight excluding hydrogens is 442 g/mol. The monoisotopic (exact) mass is 472 g/mol. The van der Waals surface area contributed by atoms with Crippen molar-refractivity contribution in [2.24, 2.45) is 5.92 Å². The van der Waals surface area contributed by atoms with E-state index in [9.17, 15) is 23.2 Å². The molecule has 1 aliphatic rings. The van der Waals surface area contributed by atoms with Crippen LogP contribution in [0.15, 0.2) is 42.5 Å². The van der Waals surface area contributed by atoms with Gasteiger partial charge >= 0.3 is 0 Å². The minimum absolute atomic E-state index is 0.136. The van der Waals surface area contributed by atoms with Gasteiger partial charge in [0, 0.05) is 6.54 Å².